The molecule has 2 aromatic rings. The number of hydrogen-bond acceptors (Lipinski definition) is 4. The molecule has 0 spiro atoms. The van der Waals surface area contributed by atoms with Crippen LogP contribution in [0.2, 0.25) is 0 Å². The van der Waals surface area contributed by atoms with Crippen LogP contribution >= 0.6 is 0 Å². The Balaban J connectivity index is 1.45. The SMILES string of the molecule is O=C(c1n[nH]c2c1CCNC2)N1CCN(c2ccccc2F)CC1. The average Bonchev–Trinajstić information content (AvgIpc) is 3.06. The third-order valence-corrected chi connectivity index (χ3v) is 4.77. The van der Waals surface area contributed by atoms with Gasteiger partial charge in [-0.2, -0.15) is 5.10 Å². The van der Waals surface area contributed by atoms with Gasteiger partial charge in [-0.3, -0.25) is 9.89 Å². The lowest BCUT2D eigenvalue weighted by atomic mass is 10.1. The number of nitrogens with one attached hydrogen (secondary N) is 2. The molecule has 6 nitrogen and oxygen atoms in total. The lowest BCUT2D eigenvalue weighted by Gasteiger charge is -2.36. The molecule has 0 aliphatic carbocycles. The van der Waals surface area contributed by atoms with E-state index in [0.717, 1.165) is 30.8 Å². The maximum atomic E-state index is 13.9. The molecular formula is C17H20FN5O. The van der Waals surface area contributed by atoms with E-state index in [1.165, 1.54) is 6.07 Å². The van der Waals surface area contributed by atoms with Gasteiger partial charge in [0.2, 0.25) is 0 Å². The van der Waals surface area contributed by atoms with Gasteiger partial charge in [-0.1, -0.05) is 12.1 Å². The number of para-hydroxylation sites is 1. The summed E-state index contributed by atoms with van der Waals surface area (Å²) < 4.78 is 13.9. The van der Waals surface area contributed by atoms with Crippen LogP contribution in [-0.2, 0) is 13.0 Å². The molecule has 0 radical (unpaired) electrons. The number of H-pyrrole nitrogens is 1. The van der Waals surface area contributed by atoms with E-state index < -0.39 is 0 Å². The maximum Gasteiger partial charge on any atom is 0.274 e. The van der Waals surface area contributed by atoms with Gasteiger partial charge in [0, 0.05) is 38.3 Å². The molecule has 126 valence electrons. The second-order valence-corrected chi connectivity index (χ2v) is 6.19. The summed E-state index contributed by atoms with van der Waals surface area (Å²) in [5, 5.41) is 10.5. The minimum absolute atomic E-state index is 0.0254. The molecule has 4 rings (SSSR count). The Bertz CT molecular complexity index is 751. The summed E-state index contributed by atoms with van der Waals surface area (Å²) in [5.74, 6) is -0.242. The fraction of sp³-hybridized carbons (Fsp3) is 0.412. The number of nitrogens with zero attached hydrogens (tertiary/aromatic N) is 3. The summed E-state index contributed by atoms with van der Waals surface area (Å²) in [5.41, 5.74) is 3.20. The van der Waals surface area contributed by atoms with Crippen molar-refractivity contribution in [1.82, 2.24) is 20.4 Å². The molecule has 0 saturated carbocycles. The summed E-state index contributed by atoms with van der Waals surface area (Å²) in [4.78, 5) is 16.6. The van der Waals surface area contributed by atoms with Gasteiger partial charge in [-0.05, 0) is 25.1 Å². The molecule has 2 N–H and O–H groups in total. The normalized spacial score (nSPS) is 17.7. The van der Waals surface area contributed by atoms with Crippen LogP contribution < -0.4 is 10.2 Å². The molecule has 7 heteroatoms. The molecule has 2 aliphatic heterocycles. The number of benzene rings is 1. The van der Waals surface area contributed by atoms with E-state index in [1.54, 1.807) is 12.1 Å². The number of hydrogen-bond donors (Lipinski definition) is 2. The highest BCUT2D eigenvalue weighted by atomic mass is 19.1. The van der Waals surface area contributed by atoms with Crippen LogP contribution in [0, 0.1) is 5.82 Å². The third kappa shape index (κ3) is 2.65. The first kappa shape index (κ1) is 15.1. The van der Waals surface area contributed by atoms with Crippen molar-refractivity contribution in [3.05, 3.63) is 47.0 Å². The van der Waals surface area contributed by atoms with E-state index in [4.69, 9.17) is 0 Å². The van der Waals surface area contributed by atoms with Crippen molar-refractivity contribution in [2.24, 2.45) is 0 Å². The van der Waals surface area contributed by atoms with Gasteiger partial charge in [0.05, 0.1) is 11.4 Å². The van der Waals surface area contributed by atoms with Crippen molar-refractivity contribution in [3.8, 4) is 0 Å². The number of carbonyl (C=O) groups excluding carboxylic acids is 1. The lowest BCUT2D eigenvalue weighted by Crippen LogP contribution is -2.49. The van der Waals surface area contributed by atoms with Crippen molar-refractivity contribution in [2.45, 2.75) is 13.0 Å². The number of anilines is 1. The van der Waals surface area contributed by atoms with E-state index >= 15 is 0 Å². The van der Waals surface area contributed by atoms with Gasteiger partial charge in [0.1, 0.15) is 5.82 Å². The molecular weight excluding hydrogens is 309 g/mol. The summed E-state index contributed by atoms with van der Waals surface area (Å²) in [6.45, 7) is 4.01. The highest BCUT2D eigenvalue weighted by Gasteiger charge is 2.28. The number of fused-ring (bicyclic) bond motifs is 1. The zero-order valence-electron chi connectivity index (χ0n) is 13.4. The number of carbonyl (C=O) groups is 1. The number of piperazine rings is 1. The van der Waals surface area contributed by atoms with Gasteiger partial charge >= 0.3 is 0 Å². The zero-order chi connectivity index (χ0) is 16.5. The molecule has 2 aliphatic rings. The Morgan fingerprint density at radius 1 is 1.17 bits per heavy atom. The molecule has 1 amide bonds. The number of amides is 1. The second kappa shape index (κ2) is 6.24. The van der Waals surface area contributed by atoms with E-state index in [-0.39, 0.29) is 11.7 Å². The predicted molar refractivity (Wildman–Crippen MR) is 88.5 cm³/mol. The molecule has 3 heterocycles. The fourth-order valence-electron chi connectivity index (χ4n) is 3.43. The van der Waals surface area contributed by atoms with Crippen LogP contribution in [0.1, 0.15) is 21.7 Å². The first-order chi connectivity index (χ1) is 11.7. The van der Waals surface area contributed by atoms with Crippen LogP contribution in [0.25, 0.3) is 0 Å². The summed E-state index contributed by atoms with van der Waals surface area (Å²) in [6, 6.07) is 6.77. The van der Waals surface area contributed by atoms with Crippen molar-refractivity contribution in [1.29, 1.82) is 0 Å². The first-order valence-electron chi connectivity index (χ1n) is 8.29. The molecule has 1 aromatic heterocycles. The zero-order valence-corrected chi connectivity index (χ0v) is 13.4. The van der Waals surface area contributed by atoms with Crippen LogP contribution in [0.15, 0.2) is 24.3 Å². The largest absolute Gasteiger partial charge is 0.366 e. The highest BCUT2D eigenvalue weighted by molar-refractivity contribution is 5.94. The van der Waals surface area contributed by atoms with Gasteiger partial charge < -0.3 is 15.1 Å². The molecule has 24 heavy (non-hydrogen) atoms. The molecule has 0 atom stereocenters. The van der Waals surface area contributed by atoms with Crippen molar-refractivity contribution in [3.63, 3.8) is 0 Å². The van der Waals surface area contributed by atoms with Gasteiger partial charge in [0.25, 0.3) is 5.91 Å². The van der Waals surface area contributed by atoms with Crippen molar-refractivity contribution < 1.29 is 9.18 Å². The third-order valence-electron chi connectivity index (χ3n) is 4.77. The topological polar surface area (TPSA) is 64.3 Å². The Morgan fingerprint density at radius 2 is 1.96 bits per heavy atom. The fourth-order valence-corrected chi connectivity index (χ4v) is 3.43. The molecule has 0 unspecified atom stereocenters. The van der Waals surface area contributed by atoms with Crippen LogP contribution in [0.3, 0.4) is 0 Å². The van der Waals surface area contributed by atoms with E-state index in [0.29, 0.717) is 37.6 Å². The predicted octanol–water partition coefficient (Wildman–Crippen LogP) is 1.16. The molecule has 0 bridgehead atoms. The summed E-state index contributed by atoms with van der Waals surface area (Å²) >= 11 is 0. The van der Waals surface area contributed by atoms with Crippen LogP contribution in [0.5, 0.6) is 0 Å². The Kier molecular flexibility index (Phi) is 3.93. The molecule has 1 saturated heterocycles. The first-order valence-corrected chi connectivity index (χ1v) is 8.29. The number of aromatic nitrogens is 2. The number of halogens is 1. The second-order valence-electron chi connectivity index (χ2n) is 6.19. The Morgan fingerprint density at radius 3 is 2.75 bits per heavy atom. The Hall–Kier alpha value is -2.41. The number of aromatic amines is 1. The van der Waals surface area contributed by atoms with Crippen molar-refractivity contribution >= 4 is 11.6 Å². The maximum absolute atomic E-state index is 13.9. The summed E-state index contributed by atoms with van der Waals surface area (Å²) in [7, 11) is 0. The van der Waals surface area contributed by atoms with E-state index in [1.807, 2.05) is 15.9 Å². The molecule has 1 fully saturated rings. The summed E-state index contributed by atoms with van der Waals surface area (Å²) in [6.07, 6.45) is 0.822. The average molecular weight is 329 g/mol. The minimum Gasteiger partial charge on any atom is -0.366 e. The Labute approximate surface area is 139 Å². The van der Waals surface area contributed by atoms with E-state index in [2.05, 4.69) is 15.5 Å². The monoisotopic (exact) mass is 329 g/mol. The van der Waals surface area contributed by atoms with Crippen molar-refractivity contribution in [2.75, 3.05) is 37.6 Å². The smallest absolute Gasteiger partial charge is 0.274 e. The van der Waals surface area contributed by atoms with Gasteiger partial charge in [0.15, 0.2) is 5.69 Å². The van der Waals surface area contributed by atoms with Gasteiger partial charge in [-0.15, -0.1) is 0 Å². The van der Waals surface area contributed by atoms with Crippen LogP contribution in [-0.4, -0.2) is 53.7 Å². The minimum atomic E-state index is -0.217. The number of rotatable bonds is 2. The standard InChI is InChI=1S/C17H20FN5O/c18-13-3-1-2-4-15(13)22-7-9-23(10-8-22)17(24)16-12-5-6-19-11-14(12)20-21-16/h1-4,19H,5-11H2,(H,20,21). The highest BCUT2D eigenvalue weighted by Crippen LogP contribution is 2.22. The quantitative estimate of drug-likeness (QED) is 0.868. The van der Waals surface area contributed by atoms with Crippen LogP contribution in [0.4, 0.5) is 10.1 Å². The van der Waals surface area contributed by atoms with Gasteiger partial charge in [-0.25, -0.2) is 4.39 Å². The molecule has 1 aromatic carbocycles. The lowest BCUT2D eigenvalue weighted by molar-refractivity contribution is 0.0739. The van der Waals surface area contributed by atoms with E-state index in [9.17, 15) is 9.18 Å².